The van der Waals surface area contributed by atoms with Gasteiger partial charge in [0.2, 0.25) is 0 Å². The minimum atomic E-state index is 0.814. The summed E-state index contributed by atoms with van der Waals surface area (Å²) in [6.07, 6.45) is 3.64. The van der Waals surface area contributed by atoms with Gasteiger partial charge in [-0.15, -0.1) is 0 Å². The van der Waals surface area contributed by atoms with Crippen LogP contribution < -0.4 is 0 Å². The second-order valence-corrected chi connectivity index (χ2v) is 10.5. The monoisotopic (exact) mass is 564 g/mol. The van der Waals surface area contributed by atoms with Gasteiger partial charge in [0, 0.05) is 41.2 Å². The first-order chi connectivity index (χ1) is 17.0. The third-order valence-corrected chi connectivity index (χ3v) is 7.49. The highest BCUT2D eigenvalue weighted by Crippen LogP contribution is 2.26. The number of halogens is 1. The van der Waals surface area contributed by atoms with E-state index in [1.165, 1.54) is 54.6 Å². The highest BCUT2D eigenvalue weighted by atomic mass is 127. The lowest BCUT2D eigenvalue weighted by molar-refractivity contribution is 1.07. The second kappa shape index (κ2) is 9.04. The van der Waals surface area contributed by atoms with Crippen LogP contribution in [0.4, 0.5) is 0 Å². The predicted octanol–water partition coefficient (Wildman–Crippen LogP) is 8.34. The molecule has 2 aromatic heterocycles. The number of nitrogens with zero attached hydrogens (tertiary/aromatic N) is 2. The number of pyridine rings is 2. The molecule has 4 aromatic carbocycles. The molecule has 0 saturated carbocycles. The molecule has 0 atom stereocenters. The molecular formula is C32H25IN2. The number of aromatic nitrogens is 2. The summed E-state index contributed by atoms with van der Waals surface area (Å²) >= 11 is 2.38. The van der Waals surface area contributed by atoms with Crippen LogP contribution in [0.1, 0.15) is 33.6 Å². The average Bonchev–Trinajstić information content (AvgIpc) is 2.85. The summed E-state index contributed by atoms with van der Waals surface area (Å²) in [5, 5.41) is 7.45. The predicted molar refractivity (Wildman–Crippen MR) is 155 cm³/mol. The van der Waals surface area contributed by atoms with Crippen molar-refractivity contribution in [2.45, 2.75) is 26.7 Å². The second-order valence-electron chi connectivity index (χ2n) is 9.52. The molecule has 0 aliphatic rings. The van der Waals surface area contributed by atoms with Crippen molar-refractivity contribution in [1.29, 1.82) is 0 Å². The minimum absolute atomic E-state index is 0.814. The van der Waals surface area contributed by atoms with Crippen molar-refractivity contribution in [2.24, 2.45) is 0 Å². The van der Waals surface area contributed by atoms with Crippen LogP contribution in [0.25, 0.3) is 32.3 Å². The first-order valence-corrected chi connectivity index (χ1v) is 13.0. The molecule has 6 rings (SSSR count). The fraction of sp³-hybridized carbons (Fsp3) is 0.125. The fourth-order valence-electron chi connectivity index (χ4n) is 4.85. The normalized spacial score (nSPS) is 11.5. The summed E-state index contributed by atoms with van der Waals surface area (Å²) in [6.45, 7) is 4.25. The lowest BCUT2D eigenvalue weighted by atomic mass is 10.0. The van der Waals surface area contributed by atoms with Crippen molar-refractivity contribution < 1.29 is 0 Å². The van der Waals surface area contributed by atoms with Crippen LogP contribution in [0, 0.1) is 17.5 Å². The molecule has 35 heavy (non-hydrogen) atoms. The molecule has 0 aliphatic heterocycles. The van der Waals surface area contributed by atoms with Gasteiger partial charge in [0.05, 0.1) is 0 Å². The van der Waals surface area contributed by atoms with E-state index in [0.29, 0.717) is 0 Å². The zero-order chi connectivity index (χ0) is 23.9. The van der Waals surface area contributed by atoms with Crippen molar-refractivity contribution in [3.8, 4) is 0 Å². The van der Waals surface area contributed by atoms with E-state index in [2.05, 4.69) is 121 Å². The van der Waals surface area contributed by atoms with E-state index in [0.717, 1.165) is 27.9 Å². The Kier molecular flexibility index (Phi) is 5.73. The molecule has 0 spiro atoms. The summed E-state index contributed by atoms with van der Waals surface area (Å²) in [5.41, 5.74) is 7.30. The summed E-state index contributed by atoms with van der Waals surface area (Å²) < 4.78 is 1.05. The minimum Gasteiger partial charge on any atom is -0.260 e. The van der Waals surface area contributed by atoms with Gasteiger partial charge in [0.25, 0.3) is 0 Å². The van der Waals surface area contributed by atoms with E-state index >= 15 is 0 Å². The summed E-state index contributed by atoms with van der Waals surface area (Å²) in [6, 6.07) is 31.0. The van der Waals surface area contributed by atoms with E-state index in [9.17, 15) is 0 Å². The van der Waals surface area contributed by atoms with Gasteiger partial charge in [-0.25, -0.2) is 4.98 Å². The first-order valence-electron chi connectivity index (χ1n) is 11.9. The van der Waals surface area contributed by atoms with Crippen LogP contribution in [0.15, 0.2) is 91.1 Å². The molecule has 0 bridgehead atoms. The van der Waals surface area contributed by atoms with Gasteiger partial charge in [0.1, 0.15) is 3.70 Å². The Hall–Kier alpha value is -3.31. The lowest BCUT2D eigenvalue weighted by Gasteiger charge is -2.10. The molecule has 170 valence electrons. The zero-order valence-corrected chi connectivity index (χ0v) is 22.0. The van der Waals surface area contributed by atoms with E-state index < -0.39 is 0 Å². The molecular weight excluding hydrogens is 539 g/mol. The number of aryl methyl sites for hydroxylation is 2. The Labute approximate surface area is 219 Å². The first kappa shape index (κ1) is 22.2. The Morgan fingerprint density at radius 1 is 0.571 bits per heavy atom. The molecule has 0 aliphatic carbocycles. The lowest BCUT2D eigenvalue weighted by Crippen LogP contribution is -1.97. The summed E-state index contributed by atoms with van der Waals surface area (Å²) in [5.74, 6) is 0. The van der Waals surface area contributed by atoms with E-state index in [-0.39, 0.29) is 0 Å². The quantitative estimate of drug-likeness (QED) is 0.159. The standard InChI is InChI=1S/C32H25IN2/c1-20-3-7-25-13-22(5-9-24(25)11-20)15-30-18-27-10-6-23(16-31(27)32(33)35-30)14-29-17-26-8-4-21(2)12-28(26)19-34-29/h3-13,16-19H,14-15H2,1-2H3. The molecule has 2 nitrogen and oxygen atoms in total. The third kappa shape index (κ3) is 4.65. The van der Waals surface area contributed by atoms with Gasteiger partial charge in [-0.1, -0.05) is 71.8 Å². The number of fused-ring (bicyclic) bond motifs is 3. The third-order valence-electron chi connectivity index (χ3n) is 6.67. The Morgan fingerprint density at radius 3 is 1.94 bits per heavy atom. The average molecular weight is 564 g/mol. The molecule has 0 fully saturated rings. The molecule has 0 amide bonds. The van der Waals surface area contributed by atoms with Gasteiger partial charge in [-0.3, -0.25) is 4.98 Å². The molecule has 0 radical (unpaired) electrons. The van der Waals surface area contributed by atoms with Crippen LogP contribution >= 0.6 is 22.6 Å². The smallest absolute Gasteiger partial charge is 0.109 e. The van der Waals surface area contributed by atoms with Crippen LogP contribution in [0.2, 0.25) is 0 Å². The van der Waals surface area contributed by atoms with Crippen LogP contribution in [0.3, 0.4) is 0 Å². The summed E-state index contributed by atoms with van der Waals surface area (Å²) in [4.78, 5) is 9.67. The van der Waals surface area contributed by atoms with Crippen molar-refractivity contribution in [2.75, 3.05) is 0 Å². The van der Waals surface area contributed by atoms with Gasteiger partial charge >= 0.3 is 0 Å². The number of hydrogen-bond donors (Lipinski definition) is 0. The number of rotatable bonds is 4. The van der Waals surface area contributed by atoms with Crippen molar-refractivity contribution in [3.63, 3.8) is 0 Å². The molecule has 2 heterocycles. The maximum absolute atomic E-state index is 4.96. The maximum atomic E-state index is 4.96. The van der Waals surface area contributed by atoms with Gasteiger partial charge in [0.15, 0.2) is 0 Å². The number of benzene rings is 4. The molecule has 0 N–H and O–H groups in total. The fourth-order valence-corrected chi connectivity index (χ4v) is 5.63. The van der Waals surface area contributed by atoms with E-state index in [4.69, 9.17) is 9.97 Å². The molecule has 0 unspecified atom stereocenters. The van der Waals surface area contributed by atoms with Crippen LogP contribution in [0.5, 0.6) is 0 Å². The van der Waals surface area contributed by atoms with Crippen molar-refractivity contribution >= 4 is 54.9 Å². The molecule has 6 aromatic rings. The van der Waals surface area contributed by atoms with E-state index in [1.807, 2.05) is 6.20 Å². The highest BCUT2D eigenvalue weighted by Gasteiger charge is 2.08. The van der Waals surface area contributed by atoms with Crippen LogP contribution in [-0.4, -0.2) is 9.97 Å². The van der Waals surface area contributed by atoms with Gasteiger partial charge in [-0.2, -0.15) is 0 Å². The largest absolute Gasteiger partial charge is 0.260 e. The Bertz CT molecular complexity index is 1740. The Morgan fingerprint density at radius 2 is 1.14 bits per heavy atom. The van der Waals surface area contributed by atoms with Crippen molar-refractivity contribution in [3.05, 3.63) is 128 Å². The molecule has 0 saturated heterocycles. The van der Waals surface area contributed by atoms with E-state index in [1.54, 1.807) is 0 Å². The SMILES string of the molecule is Cc1ccc2cc(Cc3cc4ccc(Cc5cc6ccc(C)cc6cn5)cc4c(I)n3)ccc2c1. The maximum Gasteiger partial charge on any atom is 0.109 e. The van der Waals surface area contributed by atoms with Gasteiger partial charge < -0.3 is 0 Å². The molecule has 3 heteroatoms. The van der Waals surface area contributed by atoms with Crippen molar-refractivity contribution in [1.82, 2.24) is 9.97 Å². The topological polar surface area (TPSA) is 25.8 Å². The van der Waals surface area contributed by atoms with Crippen LogP contribution in [-0.2, 0) is 12.8 Å². The highest BCUT2D eigenvalue weighted by molar-refractivity contribution is 14.1. The number of hydrogen-bond acceptors (Lipinski definition) is 2. The zero-order valence-electron chi connectivity index (χ0n) is 19.8. The Balaban J connectivity index is 1.27. The van der Waals surface area contributed by atoms with Gasteiger partial charge in [-0.05, 0) is 93.4 Å². The summed E-state index contributed by atoms with van der Waals surface area (Å²) in [7, 11) is 0.